The van der Waals surface area contributed by atoms with E-state index in [0.29, 0.717) is 18.5 Å². The van der Waals surface area contributed by atoms with Crippen molar-refractivity contribution in [2.24, 2.45) is 4.99 Å². The van der Waals surface area contributed by atoms with Crippen LogP contribution >= 0.6 is 0 Å². The molecular formula is C22H22FNO. The van der Waals surface area contributed by atoms with Crippen molar-refractivity contribution in [3.05, 3.63) is 76.1 Å². The Hall–Kier alpha value is -2.55. The number of allylic oxidation sites excluding steroid dienone is 1. The molecule has 0 N–H and O–H groups in total. The number of hydrogen-bond donors (Lipinski definition) is 0. The maximum absolute atomic E-state index is 13.1. The van der Waals surface area contributed by atoms with Crippen molar-refractivity contribution in [3.63, 3.8) is 0 Å². The van der Waals surface area contributed by atoms with E-state index < -0.39 is 0 Å². The molecule has 1 heterocycles. The third-order valence-corrected chi connectivity index (χ3v) is 4.73. The van der Waals surface area contributed by atoms with E-state index >= 15 is 0 Å². The second-order valence-electron chi connectivity index (χ2n) is 6.56. The number of carbonyl (C=O) groups is 1. The molecule has 0 radical (unpaired) electrons. The highest BCUT2D eigenvalue weighted by Crippen LogP contribution is 2.24. The molecular weight excluding hydrogens is 313 g/mol. The number of Topliss-reactive ketones (excluding diaryl/α,β-unsaturated/α-hetero) is 1. The lowest BCUT2D eigenvalue weighted by atomic mass is 9.96. The van der Waals surface area contributed by atoms with Gasteiger partial charge in [0, 0.05) is 18.2 Å². The number of aliphatic imine (C=N–C) groups is 1. The van der Waals surface area contributed by atoms with Crippen LogP contribution < -0.4 is 0 Å². The molecule has 0 aliphatic carbocycles. The van der Waals surface area contributed by atoms with Crippen LogP contribution in [0.2, 0.25) is 0 Å². The van der Waals surface area contributed by atoms with Crippen molar-refractivity contribution in [2.45, 2.75) is 33.1 Å². The first-order valence-electron chi connectivity index (χ1n) is 8.63. The van der Waals surface area contributed by atoms with Gasteiger partial charge in [-0.15, -0.1) is 0 Å². The van der Waals surface area contributed by atoms with Crippen molar-refractivity contribution >= 4 is 17.6 Å². The molecule has 0 unspecified atom stereocenters. The fourth-order valence-electron chi connectivity index (χ4n) is 3.08. The number of halogens is 1. The summed E-state index contributed by atoms with van der Waals surface area (Å²) < 4.78 is 13.1. The Kier molecular flexibility index (Phi) is 5.22. The zero-order chi connectivity index (χ0) is 17.8. The Balaban J connectivity index is 1.65. The lowest BCUT2D eigenvalue weighted by molar-refractivity contribution is -0.115. The van der Waals surface area contributed by atoms with E-state index in [4.69, 9.17) is 0 Å². The van der Waals surface area contributed by atoms with E-state index in [2.05, 4.69) is 37.0 Å². The zero-order valence-electron chi connectivity index (χ0n) is 14.7. The van der Waals surface area contributed by atoms with Crippen LogP contribution in [0, 0.1) is 19.7 Å². The van der Waals surface area contributed by atoms with Gasteiger partial charge in [-0.25, -0.2) is 4.39 Å². The van der Waals surface area contributed by atoms with Crippen molar-refractivity contribution in [3.8, 4) is 0 Å². The Labute approximate surface area is 148 Å². The molecule has 1 aliphatic heterocycles. The summed E-state index contributed by atoms with van der Waals surface area (Å²) in [6.07, 6.45) is 3.87. The summed E-state index contributed by atoms with van der Waals surface area (Å²) in [6.45, 7) is 4.70. The molecule has 0 saturated carbocycles. The van der Waals surface area contributed by atoms with Crippen molar-refractivity contribution in [1.29, 1.82) is 0 Å². The first-order valence-corrected chi connectivity index (χ1v) is 8.63. The smallest absolute Gasteiger partial charge is 0.164 e. The minimum atomic E-state index is -0.274. The summed E-state index contributed by atoms with van der Waals surface area (Å²) in [7, 11) is 0. The summed E-state index contributed by atoms with van der Waals surface area (Å²) in [5, 5.41) is 0. The second kappa shape index (κ2) is 7.56. The quantitative estimate of drug-likeness (QED) is 0.740. The molecule has 128 valence electrons. The average molecular weight is 335 g/mol. The van der Waals surface area contributed by atoms with E-state index in [1.165, 1.54) is 28.8 Å². The molecule has 25 heavy (non-hydrogen) atoms. The van der Waals surface area contributed by atoms with Crippen molar-refractivity contribution < 1.29 is 9.18 Å². The molecule has 2 nitrogen and oxygen atoms in total. The highest BCUT2D eigenvalue weighted by Gasteiger charge is 2.18. The Morgan fingerprint density at radius 2 is 1.84 bits per heavy atom. The fraction of sp³-hybridized carbons (Fsp3) is 0.273. The van der Waals surface area contributed by atoms with Gasteiger partial charge >= 0.3 is 0 Å². The molecule has 1 aliphatic rings. The summed E-state index contributed by atoms with van der Waals surface area (Å²) in [6, 6.07) is 12.7. The third kappa shape index (κ3) is 4.11. The number of hydrogen-bond acceptors (Lipinski definition) is 2. The SMILES string of the molecule is Cc1ccc(CCCC(=O)C2=C(c3ccc(F)cc3)CN=C2)cc1C. The topological polar surface area (TPSA) is 29.4 Å². The largest absolute Gasteiger partial charge is 0.294 e. The zero-order valence-corrected chi connectivity index (χ0v) is 14.7. The van der Waals surface area contributed by atoms with Gasteiger partial charge in [-0.1, -0.05) is 30.3 Å². The van der Waals surface area contributed by atoms with E-state index in [9.17, 15) is 9.18 Å². The number of benzene rings is 2. The van der Waals surface area contributed by atoms with Crippen LogP contribution in [0.25, 0.3) is 5.57 Å². The summed E-state index contributed by atoms with van der Waals surface area (Å²) >= 11 is 0. The number of nitrogens with zero attached hydrogens (tertiary/aromatic N) is 1. The predicted molar refractivity (Wildman–Crippen MR) is 101 cm³/mol. The van der Waals surface area contributed by atoms with E-state index in [0.717, 1.165) is 24.0 Å². The summed E-state index contributed by atoms with van der Waals surface area (Å²) in [5.74, 6) is -0.158. The average Bonchev–Trinajstić information content (AvgIpc) is 3.08. The van der Waals surface area contributed by atoms with E-state index in [1.54, 1.807) is 18.3 Å². The first kappa shape index (κ1) is 17.3. The molecule has 0 spiro atoms. The van der Waals surface area contributed by atoms with Gasteiger partial charge in [0.2, 0.25) is 0 Å². The van der Waals surface area contributed by atoms with Gasteiger partial charge in [-0.05, 0) is 66.6 Å². The van der Waals surface area contributed by atoms with E-state index in [-0.39, 0.29) is 11.6 Å². The molecule has 0 aromatic heterocycles. The van der Waals surface area contributed by atoms with E-state index in [1.807, 2.05) is 0 Å². The highest BCUT2D eigenvalue weighted by atomic mass is 19.1. The molecule has 2 aromatic carbocycles. The molecule has 0 saturated heterocycles. The van der Waals surface area contributed by atoms with Gasteiger partial charge in [-0.2, -0.15) is 0 Å². The van der Waals surface area contributed by atoms with Gasteiger partial charge < -0.3 is 0 Å². The maximum atomic E-state index is 13.1. The monoisotopic (exact) mass is 335 g/mol. The van der Waals surface area contributed by atoms with Crippen LogP contribution in [0.3, 0.4) is 0 Å². The van der Waals surface area contributed by atoms with Gasteiger partial charge in [0.1, 0.15) is 5.82 Å². The predicted octanol–water partition coefficient (Wildman–Crippen LogP) is 4.87. The number of aryl methyl sites for hydroxylation is 3. The lowest BCUT2D eigenvalue weighted by Gasteiger charge is -2.07. The minimum Gasteiger partial charge on any atom is -0.294 e. The van der Waals surface area contributed by atoms with Gasteiger partial charge in [0.25, 0.3) is 0 Å². The van der Waals surface area contributed by atoms with Gasteiger partial charge in [0.05, 0.1) is 6.54 Å². The van der Waals surface area contributed by atoms with Crippen LogP contribution in [0.4, 0.5) is 4.39 Å². The summed E-state index contributed by atoms with van der Waals surface area (Å²) in [4.78, 5) is 16.8. The van der Waals surface area contributed by atoms with Crippen molar-refractivity contribution in [2.75, 3.05) is 6.54 Å². The fourth-order valence-corrected chi connectivity index (χ4v) is 3.08. The normalized spacial score (nSPS) is 13.6. The Bertz CT molecular complexity index is 847. The maximum Gasteiger partial charge on any atom is 0.164 e. The lowest BCUT2D eigenvalue weighted by Crippen LogP contribution is -2.05. The van der Waals surface area contributed by atoms with Crippen LogP contribution in [0.15, 0.2) is 53.0 Å². The molecule has 2 aromatic rings. The molecule has 0 fully saturated rings. The number of rotatable bonds is 6. The highest BCUT2D eigenvalue weighted by molar-refractivity contribution is 6.21. The standard InChI is InChI=1S/C22H22FNO/c1-15-6-7-17(12-16(15)2)4-3-5-22(25)21-14-24-13-20(21)18-8-10-19(23)11-9-18/h6-12,14H,3-5,13H2,1-2H3. The molecule has 0 amide bonds. The van der Waals surface area contributed by atoms with Crippen LogP contribution in [0.1, 0.15) is 35.1 Å². The van der Waals surface area contributed by atoms with Crippen LogP contribution in [-0.4, -0.2) is 18.5 Å². The van der Waals surface area contributed by atoms with Gasteiger partial charge in [-0.3, -0.25) is 9.79 Å². The van der Waals surface area contributed by atoms with Crippen LogP contribution in [-0.2, 0) is 11.2 Å². The van der Waals surface area contributed by atoms with Crippen LogP contribution in [0.5, 0.6) is 0 Å². The molecule has 3 rings (SSSR count). The third-order valence-electron chi connectivity index (χ3n) is 4.73. The van der Waals surface area contributed by atoms with Crippen molar-refractivity contribution in [1.82, 2.24) is 0 Å². The minimum absolute atomic E-state index is 0.115. The molecule has 0 atom stereocenters. The molecule has 0 bridgehead atoms. The Morgan fingerprint density at radius 3 is 2.56 bits per heavy atom. The second-order valence-corrected chi connectivity index (χ2v) is 6.56. The van der Waals surface area contributed by atoms with Gasteiger partial charge in [0.15, 0.2) is 5.78 Å². The molecule has 3 heteroatoms. The first-order chi connectivity index (χ1) is 12.0. The summed E-state index contributed by atoms with van der Waals surface area (Å²) in [5.41, 5.74) is 6.28. The number of carbonyl (C=O) groups excluding carboxylic acids is 1. The number of ketones is 1. The Morgan fingerprint density at radius 1 is 1.08 bits per heavy atom.